The highest BCUT2D eigenvalue weighted by atomic mass is 19.1. The number of phenolic OH excluding ortho intramolecular Hbond substituents is 1. The van der Waals surface area contributed by atoms with Crippen molar-refractivity contribution < 1.29 is 14.3 Å². The summed E-state index contributed by atoms with van der Waals surface area (Å²) in [6.45, 7) is 1.60. The van der Waals surface area contributed by atoms with Gasteiger partial charge in [-0.1, -0.05) is 0 Å². The summed E-state index contributed by atoms with van der Waals surface area (Å²) >= 11 is 0. The summed E-state index contributed by atoms with van der Waals surface area (Å²) in [5, 5.41) is 13.2. The largest absolute Gasteiger partial charge is 0.503 e. The van der Waals surface area contributed by atoms with Gasteiger partial charge < -0.3 is 15.3 Å². The van der Waals surface area contributed by atoms with E-state index in [9.17, 15) is 14.3 Å². The minimum Gasteiger partial charge on any atom is -0.503 e. The average Bonchev–Trinajstić information content (AvgIpc) is 3.05. The van der Waals surface area contributed by atoms with E-state index in [0.717, 1.165) is 31.2 Å². The smallest absolute Gasteiger partial charge is 0.233 e. The van der Waals surface area contributed by atoms with Crippen molar-refractivity contribution in [1.29, 1.82) is 0 Å². The minimum atomic E-state index is -0.578. The fraction of sp³-hybridized carbons (Fsp3) is 0.533. The number of carbonyl (C=O) groups is 1. The van der Waals surface area contributed by atoms with Gasteiger partial charge in [0.1, 0.15) is 0 Å². The lowest BCUT2D eigenvalue weighted by molar-refractivity contribution is -0.125. The number of benzene rings is 1. The standard InChI is InChI=1S/C15H17FN2O2/c16-12-10-8-17-7-9(10)6-11(13(12)19)18-5-1-2-15(3-4-15)14(18)20/h6,17,19H,1-5,7-8H2. The van der Waals surface area contributed by atoms with E-state index in [1.54, 1.807) is 11.0 Å². The van der Waals surface area contributed by atoms with Crippen LogP contribution in [0, 0.1) is 11.2 Å². The average molecular weight is 276 g/mol. The number of hydrogen-bond acceptors (Lipinski definition) is 3. The van der Waals surface area contributed by atoms with Crippen LogP contribution in [0.15, 0.2) is 6.07 Å². The number of nitrogens with zero attached hydrogens (tertiary/aromatic N) is 1. The van der Waals surface area contributed by atoms with Crippen molar-refractivity contribution in [3.63, 3.8) is 0 Å². The van der Waals surface area contributed by atoms with Gasteiger partial charge in [-0.05, 0) is 37.3 Å². The first-order valence-corrected chi connectivity index (χ1v) is 7.18. The molecule has 2 N–H and O–H groups in total. The van der Waals surface area contributed by atoms with E-state index >= 15 is 0 Å². The molecule has 1 saturated carbocycles. The number of carbonyl (C=O) groups excluding carboxylic acids is 1. The first-order valence-electron chi connectivity index (χ1n) is 7.18. The first-order chi connectivity index (χ1) is 9.62. The molecule has 4 nitrogen and oxygen atoms in total. The Morgan fingerprint density at radius 2 is 2.10 bits per heavy atom. The molecule has 0 bridgehead atoms. The summed E-state index contributed by atoms with van der Waals surface area (Å²) < 4.78 is 14.2. The number of nitrogens with one attached hydrogen (secondary N) is 1. The molecule has 1 aliphatic carbocycles. The number of anilines is 1. The van der Waals surface area contributed by atoms with Gasteiger partial charge in [-0.2, -0.15) is 0 Å². The molecule has 2 aliphatic heterocycles. The van der Waals surface area contributed by atoms with Crippen molar-refractivity contribution in [2.75, 3.05) is 11.4 Å². The zero-order chi connectivity index (χ0) is 13.9. The van der Waals surface area contributed by atoms with Crippen molar-refractivity contribution in [1.82, 2.24) is 5.32 Å². The highest BCUT2D eigenvalue weighted by molar-refractivity contribution is 6.01. The number of halogens is 1. The van der Waals surface area contributed by atoms with Gasteiger partial charge in [0.05, 0.1) is 5.69 Å². The molecule has 1 aromatic rings. The van der Waals surface area contributed by atoms with Crippen molar-refractivity contribution >= 4 is 11.6 Å². The fourth-order valence-electron chi connectivity index (χ4n) is 3.51. The quantitative estimate of drug-likeness (QED) is 0.825. The first kappa shape index (κ1) is 12.1. The molecule has 2 heterocycles. The monoisotopic (exact) mass is 276 g/mol. The second-order valence-corrected chi connectivity index (χ2v) is 6.14. The van der Waals surface area contributed by atoms with E-state index in [-0.39, 0.29) is 17.1 Å². The van der Waals surface area contributed by atoms with Gasteiger partial charge >= 0.3 is 0 Å². The number of phenols is 1. The lowest BCUT2D eigenvalue weighted by atomic mass is 9.93. The Kier molecular flexibility index (Phi) is 2.40. The maximum atomic E-state index is 14.2. The van der Waals surface area contributed by atoms with Crippen LogP contribution >= 0.6 is 0 Å². The molecule has 3 aliphatic rings. The Balaban J connectivity index is 1.79. The summed E-state index contributed by atoms with van der Waals surface area (Å²) in [5.41, 5.74) is 1.51. The Hall–Kier alpha value is -1.62. The molecule has 1 saturated heterocycles. The second-order valence-electron chi connectivity index (χ2n) is 6.14. The van der Waals surface area contributed by atoms with Crippen molar-refractivity contribution in [3.05, 3.63) is 23.0 Å². The van der Waals surface area contributed by atoms with E-state index in [1.165, 1.54) is 0 Å². The molecule has 5 heteroatoms. The van der Waals surface area contributed by atoms with Crippen LogP contribution in [0.5, 0.6) is 5.75 Å². The fourth-order valence-corrected chi connectivity index (χ4v) is 3.51. The molecule has 0 aromatic heterocycles. The number of fused-ring (bicyclic) bond motifs is 1. The molecule has 106 valence electrons. The predicted octanol–water partition coefficient (Wildman–Crippen LogP) is 2.04. The molecular formula is C15H17FN2O2. The zero-order valence-electron chi connectivity index (χ0n) is 11.2. The molecule has 0 radical (unpaired) electrons. The van der Waals surface area contributed by atoms with Crippen molar-refractivity contribution in [2.24, 2.45) is 5.41 Å². The Morgan fingerprint density at radius 3 is 2.85 bits per heavy atom. The number of rotatable bonds is 1. The third-order valence-electron chi connectivity index (χ3n) is 4.91. The van der Waals surface area contributed by atoms with Crippen LogP contribution in [0.2, 0.25) is 0 Å². The second kappa shape index (κ2) is 3.95. The summed E-state index contributed by atoms with van der Waals surface area (Å²) in [4.78, 5) is 14.1. The van der Waals surface area contributed by atoms with Gasteiger partial charge in [0.15, 0.2) is 11.6 Å². The molecule has 0 unspecified atom stereocenters. The molecular weight excluding hydrogens is 259 g/mol. The maximum absolute atomic E-state index is 14.2. The van der Waals surface area contributed by atoms with Crippen LogP contribution in [-0.2, 0) is 17.9 Å². The molecule has 4 rings (SSSR count). The SMILES string of the molecule is O=C1N(c2cc3c(c(F)c2O)CNC3)CCCC12CC2. The zero-order valence-corrected chi connectivity index (χ0v) is 11.2. The molecule has 20 heavy (non-hydrogen) atoms. The topological polar surface area (TPSA) is 52.6 Å². The molecule has 2 fully saturated rings. The number of amides is 1. The number of piperidine rings is 1. The Labute approximate surface area is 116 Å². The van der Waals surface area contributed by atoms with Gasteiger partial charge in [-0.3, -0.25) is 4.79 Å². The molecule has 1 spiro atoms. The van der Waals surface area contributed by atoms with Gasteiger partial charge in [-0.25, -0.2) is 4.39 Å². The van der Waals surface area contributed by atoms with Crippen LogP contribution in [0.4, 0.5) is 10.1 Å². The van der Waals surface area contributed by atoms with Gasteiger partial charge in [0.2, 0.25) is 5.91 Å². The summed E-state index contributed by atoms with van der Waals surface area (Å²) in [6, 6.07) is 1.77. The lowest BCUT2D eigenvalue weighted by Crippen LogP contribution is -2.42. The normalized spacial score (nSPS) is 23.2. The number of hydrogen-bond donors (Lipinski definition) is 2. The summed E-state index contributed by atoms with van der Waals surface area (Å²) in [5.74, 6) is -0.895. The van der Waals surface area contributed by atoms with Gasteiger partial charge in [0.25, 0.3) is 0 Å². The highest BCUT2D eigenvalue weighted by Gasteiger charge is 2.53. The third kappa shape index (κ3) is 1.53. The minimum absolute atomic E-state index is 0.0596. The number of aromatic hydroxyl groups is 1. The van der Waals surface area contributed by atoms with Crippen LogP contribution in [0.1, 0.15) is 36.8 Å². The summed E-state index contributed by atoms with van der Waals surface area (Å²) in [6.07, 6.45) is 3.70. The molecule has 1 aromatic carbocycles. The van der Waals surface area contributed by atoms with Crippen LogP contribution in [0.25, 0.3) is 0 Å². The lowest BCUT2D eigenvalue weighted by Gasteiger charge is -2.33. The van der Waals surface area contributed by atoms with Gasteiger partial charge in [0, 0.05) is 30.6 Å². The van der Waals surface area contributed by atoms with E-state index in [4.69, 9.17) is 0 Å². The highest BCUT2D eigenvalue weighted by Crippen LogP contribution is 2.54. The molecule has 0 atom stereocenters. The van der Waals surface area contributed by atoms with Crippen molar-refractivity contribution in [3.8, 4) is 5.75 Å². The Morgan fingerprint density at radius 1 is 1.30 bits per heavy atom. The predicted molar refractivity (Wildman–Crippen MR) is 71.9 cm³/mol. The van der Waals surface area contributed by atoms with E-state index < -0.39 is 5.82 Å². The van der Waals surface area contributed by atoms with Crippen LogP contribution < -0.4 is 10.2 Å². The van der Waals surface area contributed by atoms with Crippen molar-refractivity contribution in [2.45, 2.75) is 38.8 Å². The summed E-state index contributed by atoms with van der Waals surface area (Å²) in [7, 11) is 0. The van der Waals surface area contributed by atoms with Gasteiger partial charge in [-0.15, -0.1) is 0 Å². The Bertz CT molecular complexity index is 610. The third-order valence-corrected chi connectivity index (χ3v) is 4.91. The van der Waals surface area contributed by atoms with E-state index in [2.05, 4.69) is 5.32 Å². The van der Waals surface area contributed by atoms with Crippen LogP contribution in [0.3, 0.4) is 0 Å². The molecule has 1 amide bonds. The van der Waals surface area contributed by atoms with E-state index in [0.29, 0.717) is 30.9 Å². The van der Waals surface area contributed by atoms with E-state index in [1.807, 2.05) is 0 Å². The van der Waals surface area contributed by atoms with Crippen LogP contribution in [-0.4, -0.2) is 17.6 Å². The maximum Gasteiger partial charge on any atom is 0.233 e.